The van der Waals surface area contributed by atoms with E-state index in [4.69, 9.17) is 22.0 Å². The van der Waals surface area contributed by atoms with Gasteiger partial charge in [-0.2, -0.15) is 0 Å². The van der Waals surface area contributed by atoms with Crippen molar-refractivity contribution in [3.8, 4) is 0 Å². The summed E-state index contributed by atoms with van der Waals surface area (Å²) in [5.41, 5.74) is 4.97. The van der Waals surface area contributed by atoms with E-state index in [9.17, 15) is 9.36 Å². The minimum atomic E-state index is -4.66. The molecule has 0 amide bonds. The first-order valence-electron chi connectivity index (χ1n) is 3.42. The minimum absolute atomic E-state index is 0.724. The first-order chi connectivity index (χ1) is 5.74. The summed E-state index contributed by atoms with van der Waals surface area (Å²) >= 11 is 0. The number of phosphoric acid groups is 1. The maximum absolute atomic E-state index is 10.2. The highest BCUT2D eigenvalue weighted by atomic mass is 31.2. The smallest absolute Gasteiger partial charge is 0.469 e. The Morgan fingerprint density at radius 2 is 2.25 bits per heavy atom. The molecule has 0 fully saturated rings. The minimum Gasteiger partial charge on any atom is -0.480 e. The molecule has 0 aromatic heterocycles. The standard InChI is InChI=1S/C4H10NO6P/c5-3(4(6)7)1-2-11-12(8,9)10/h3H,1-2,5H2,(H,6,7)(H2,8,9,10)/t3-/m0/s1/i1D/t1-,3-. The molecule has 0 saturated heterocycles. The van der Waals surface area contributed by atoms with Crippen LogP contribution in [0.25, 0.3) is 0 Å². The SMILES string of the molecule is [2H][C@@H](COP(=O)(O)O)[C@H](N)C(=O)O. The van der Waals surface area contributed by atoms with E-state index in [1.54, 1.807) is 0 Å². The topological polar surface area (TPSA) is 130 Å². The van der Waals surface area contributed by atoms with Gasteiger partial charge >= 0.3 is 13.8 Å². The zero-order valence-corrected chi connectivity index (χ0v) is 6.85. The molecule has 0 heterocycles. The molecular formula is C4H10NO6P. The van der Waals surface area contributed by atoms with Crippen LogP contribution < -0.4 is 5.73 Å². The van der Waals surface area contributed by atoms with Crippen LogP contribution >= 0.6 is 7.82 Å². The highest BCUT2D eigenvalue weighted by Crippen LogP contribution is 2.35. The van der Waals surface area contributed by atoms with E-state index in [0.717, 1.165) is 0 Å². The number of carboxylic acids is 1. The summed E-state index contributed by atoms with van der Waals surface area (Å²) in [6.07, 6.45) is -1.41. The van der Waals surface area contributed by atoms with Gasteiger partial charge in [0, 0.05) is 1.37 Å². The third-order valence-corrected chi connectivity index (χ3v) is 1.36. The Labute approximate surface area is 69.8 Å². The van der Waals surface area contributed by atoms with Crippen LogP contribution in [-0.2, 0) is 13.9 Å². The molecular weight excluding hydrogens is 189 g/mol. The summed E-state index contributed by atoms with van der Waals surface area (Å²) in [5.74, 6) is -1.42. The highest BCUT2D eigenvalue weighted by Gasteiger charge is 2.16. The van der Waals surface area contributed by atoms with Gasteiger partial charge in [0.1, 0.15) is 6.04 Å². The van der Waals surface area contributed by atoms with E-state index in [0.29, 0.717) is 0 Å². The molecule has 0 aliphatic carbocycles. The van der Waals surface area contributed by atoms with E-state index < -0.39 is 32.8 Å². The lowest BCUT2D eigenvalue weighted by Crippen LogP contribution is -2.31. The molecule has 2 atom stereocenters. The number of rotatable bonds is 5. The fraction of sp³-hybridized carbons (Fsp3) is 0.750. The van der Waals surface area contributed by atoms with Gasteiger partial charge in [-0.25, -0.2) is 4.57 Å². The second-order valence-electron chi connectivity index (χ2n) is 1.89. The van der Waals surface area contributed by atoms with Crippen LogP contribution in [-0.4, -0.2) is 33.5 Å². The van der Waals surface area contributed by atoms with Gasteiger partial charge in [-0.1, -0.05) is 0 Å². The number of phosphoric ester groups is 1. The molecule has 0 rings (SSSR count). The number of aliphatic carboxylic acids is 1. The van der Waals surface area contributed by atoms with Gasteiger partial charge in [-0.15, -0.1) is 0 Å². The fourth-order valence-electron chi connectivity index (χ4n) is 0.345. The van der Waals surface area contributed by atoms with Crippen LogP contribution in [0.15, 0.2) is 0 Å². The Bertz CT molecular complexity index is 229. The van der Waals surface area contributed by atoms with Crippen LogP contribution in [0.1, 0.15) is 7.77 Å². The van der Waals surface area contributed by atoms with Crippen LogP contribution in [0.5, 0.6) is 0 Å². The first kappa shape index (κ1) is 9.63. The van der Waals surface area contributed by atoms with Crippen molar-refractivity contribution in [2.45, 2.75) is 12.4 Å². The van der Waals surface area contributed by atoms with E-state index >= 15 is 0 Å². The molecule has 0 aromatic carbocycles. The maximum Gasteiger partial charge on any atom is 0.469 e. The number of carbonyl (C=O) groups is 1. The predicted octanol–water partition coefficient (Wildman–Crippen LogP) is -1.10. The van der Waals surface area contributed by atoms with Crippen molar-refractivity contribution in [1.29, 1.82) is 0 Å². The lowest BCUT2D eigenvalue weighted by Gasteiger charge is -2.07. The quantitative estimate of drug-likeness (QED) is 0.414. The summed E-state index contributed by atoms with van der Waals surface area (Å²) < 4.78 is 21.0. The molecule has 0 bridgehead atoms. The molecule has 0 spiro atoms. The van der Waals surface area contributed by atoms with Crippen molar-refractivity contribution < 1.29 is 30.1 Å². The number of carboxylic acid groups (broad SMARTS) is 1. The lowest BCUT2D eigenvalue weighted by molar-refractivity contribution is -0.138. The van der Waals surface area contributed by atoms with E-state index in [-0.39, 0.29) is 0 Å². The molecule has 8 heteroatoms. The normalized spacial score (nSPS) is 18.1. The molecule has 0 aliphatic rings. The van der Waals surface area contributed by atoms with Crippen LogP contribution in [0.2, 0.25) is 0 Å². The lowest BCUT2D eigenvalue weighted by atomic mass is 10.2. The van der Waals surface area contributed by atoms with Crippen molar-refractivity contribution in [1.82, 2.24) is 0 Å². The third kappa shape index (κ3) is 6.26. The predicted molar refractivity (Wildman–Crippen MR) is 38.2 cm³/mol. The Kier molecular flexibility index (Phi) is 3.64. The van der Waals surface area contributed by atoms with Crippen molar-refractivity contribution in [2.75, 3.05) is 6.61 Å². The van der Waals surface area contributed by atoms with Crippen molar-refractivity contribution >= 4 is 13.8 Å². The average Bonchev–Trinajstić information content (AvgIpc) is 1.97. The van der Waals surface area contributed by atoms with E-state index in [2.05, 4.69) is 4.52 Å². The highest BCUT2D eigenvalue weighted by molar-refractivity contribution is 7.46. The zero-order chi connectivity index (χ0) is 10.6. The molecule has 0 aliphatic heterocycles. The average molecular weight is 200 g/mol. The van der Waals surface area contributed by atoms with Gasteiger partial charge in [0.15, 0.2) is 0 Å². The second-order valence-corrected chi connectivity index (χ2v) is 3.13. The van der Waals surface area contributed by atoms with Crippen molar-refractivity contribution in [2.24, 2.45) is 5.73 Å². The van der Waals surface area contributed by atoms with Crippen molar-refractivity contribution in [3.05, 3.63) is 0 Å². The zero-order valence-electron chi connectivity index (χ0n) is 6.95. The molecule has 12 heavy (non-hydrogen) atoms. The largest absolute Gasteiger partial charge is 0.480 e. The van der Waals surface area contributed by atoms with E-state index in [1.807, 2.05) is 0 Å². The summed E-state index contributed by atoms with van der Waals surface area (Å²) in [4.78, 5) is 26.6. The van der Waals surface area contributed by atoms with Gasteiger partial charge in [-0.05, 0) is 6.40 Å². The number of nitrogens with two attached hydrogens (primary N) is 1. The van der Waals surface area contributed by atoms with Gasteiger partial charge in [-0.3, -0.25) is 9.32 Å². The van der Waals surface area contributed by atoms with Crippen molar-refractivity contribution in [3.63, 3.8) is 0 Å². The summed E-state index contributed by atoms with van der Waals surface area (Å²) in [5, 5.41) is 8.29. The van der Waals surface area contributed by atoms with Crippen LogP contribution in [0.4, 0.5) is 0 Å². The number of hydrogen-bond acceptors (Lipinski definition) is 4. The number of hydrogen-bond donors (Lipinski definition) is 4. The van der Waals surface area contributed by atoms with Crippen LogP contribution in [0.3, 0.4) is 0 Å². The summed E-state index contributed by atoms with van der Waals surface area (Å²) in [6.45, 7) is -0.724. The molecule has 0 radical (unpaired) electrons. The Morgan fingerprint density at radius 1 is 1.75 bits per heavy atom. The Hall–Kier alpha value is -0.460. The van der Waals surface area contributed by atoms with Gasteiger partial charge in [0.2, 0.25) is 0 Å². The summed E-state index contributed by atoms with van der Waals surface area (Å²) in [6, 6.07) is -1.52. The van der Waals surface area contributed by atoms with Gasteiger partial charge in [0.25, 0.3) is 0 Å². The van der Waals surface area contributed by atoms with Gasteiger partial charge < -0.3 is 20.6 Å². The molecule has 0 aromatic rings. The molecule has 72 valence electrons. The van der Waals surface area contributed by atoms with Crippen LogP contribution in [0, 0.1) is 0 Å². The molecule has 0 saturated carbocycles. The molecule has 5 N–H and O–H groups in total. The first-order valence-corrected chi connectivity index (χ1v) is 4.38. The maximum atomic E-state index is 10.2. The third-order valence-electron chi connectivity index (χ3n) is 0.878. The monoisotopic (exact) mass is 200 g/mol. The second kappa shape index (κ2) is 4.54. The molecule has 0 unspecified atom stereocenters. The van der Waals surface area contributed by atoms with Gasteiger partial charge in [0.05, 0.1) is 6.61 Å². The fourth-order valence-corrected chi connectivity index (χ4v) is 0.625. The summed E-state index contributed by atoms with van der Waals surface area (Å²) in [7, 11) is -4.66. The Morgan fingerprint density at radius 3 is 2.58 bits per heavy atom. The molecule has 7 nitrogen and oxygen atoms in total. The van der Waals surface area contributed by atoms with E-state index in [1.165, 1.54) is 0 Å². The Balaban J connectivity index is 3.95.